The molecule has 0 N–H and O–H groups in total. The van der Waals surface area contributed by atoms with E-state index in [1.165, 1.54) is 63.4 Å². The largest absolute Gasteiger partial charge is 0.353 e. The quantitative estimate of drug-likeness (QED) is 0.474. The summed E-state index contributed by atoms with van der Waals surface area (Å²) in [4.78, 5) is 0. The second-order valence-electron chi connectivity index (χ2n) is 11.6. The highest BCUT2D eigenvalue weighted by Crippen LogP contribution is 2.67. The molecule has 4 aliphatic carbocycles. The van der Waals surface area contributed by atoms with Crippen molar-refractivity contribution >= 4 is 0 Å². The smallest absolute Gasteiger partial charge is 0.157 e. The highest BCUT2D eigenvalue weighted by Gasteiger charge is 2.58. The van der Waals surface area contributed by atoms with Crippen LogP contribution in [0.3, 0.4) is 0 Å². The van der Waals surface area contributed by atoms with Gasteiger partial charge in [0.25, 0.3) is 0 Å². The topological polar surface area (TPSA) is 18.5 Å². The van der Waals surface area contributed by atoms with Gasteiger partial charge in [-0.1, -0.05) is 37.6 Å². The van der Waals surface area contributed by atoms with Crippen molar-refractivity contribution in [2.24, 2.45) is 34.5 Å². The van der Waals surface area contributed by atoms with Crippen molar-refractivity contribution in [1.82, 2.24) is 0 Å². The molecule has 0 spiro atoms. The molecule has 5 unspecified atom stereocenters. The molecule has 8 atom stereocenters. The summed E-state index contributed by atoms with van der Waals surface area (Å²) in [5.41, 5.74) is 4.09. The van der Waals surface area contributed by atoms with Gasteiger partial charge in [-0.15, -0.1) is 0 Å². The summed E-state index contributed by atoms with van der Waals surface area (Å²) in [7, 11) is 0. The van der Waals surface area contributed by atoms with Gasteiger partial charge in [0.2, 0.25) is 0 Å². The van der Waals surface area contributed by atoms with Crippen molar-refractivity contribution in [2.45, 2.75) is 104 Å². The van der Waals surface area contributed by atoms with Gasteiger partial charge in [0.1, 0.15) is 0 Å². The fraction of sp³-hybridized carbons (Fsp3) is 0.852. The Kier molecular flexibility index (Phi) is 5.27. The van der Waals surface area contributed by atoms with Crippen LogP contribution in [0.2, 0.25) is 0 Å². The van der Waals surface area contributed by atoms with E-state index >= 15 is 0 Å². The number of allylic oxidation sites excluding steroid dienone is 2. The van der Waals surface area contributed by atoms with Crippen LogP contribution in [-0.2, 0) is 9.47 Å². The van der Waals surface area contributed by atoms with Crippen LogP contribution >= 0.6 is 0 Å². The normalized spacial score (nSPS) is 49.6. The SMILES string of the molecule is C=C(C)[C@H]1CCC2C3CC=C4CC(OC5CCCCO5)CC[C@]4(C)C3CC[C@@]21C. The van der Waals surface area contributed by atoms with Crippen molar-refractivity contribution in [1.29, 1.82) is 0 Å². The van der Waals surface area contributed by atoms with E-state index in [-0.39, 0.29) is 6.29 Å². The summed E-state index contributed by atoms with van der Waals surface area (Å²) < 4.78 is 12.3. The van der Waals surface area contributed by atoms with E-state index < -0.39 is 0 Å². The van der Waals surface area contributed by atoms with E-state index in [0.29, 0.717) is 16.9 Å². The molecule has 2 heteroatoms. The lowest BCUT2D eigenvalue weighted by molar-refractivity contribution is -0.195. The minimum atomic E-state index is 0.0583. The van der Waals surface area contributed by atoms with Crippen molar-refractivity contribution < 1.29 is 9.47 Å². The molecule has 1 aliphatic heterocycles. The summed E-state index contributed by atoms with van der Waals surface area (Å²) in [6, 6.07) is 0. The molecule has 0 bridgehead atoms. The lowest BCUT2D eigenvalue weighted by atomic mass is 9.47. The van der Waals surface area contributed by atoms with Gasteiger partial charge in [-0.25, -0.2) is 0 Å². The maximum absolute atomic E-state index is 6.42. The molecule has 2 nitrogen and oxygen atoms in total. The van der Waals surface area contributed by atoms with E-state index in [4.69, 9.17) is 9.47 Å². The highest BCUT2D eigenvalue weighted by molar-refractivity contribution is 5.26. The second-order valence-corrected chi connectivity index (χ2v) is 11.6. The van der Waals surface area contributed by atoms with Crippen LogP contribution in [0.1, 0.15) is 91.4 Å². The van der Waals surface area contributed by atoms with E-state index in [1.807, 2.05) is 0 Å². The number of fused-ring (bicyclic) bond motifs is 5. The Bertz CT molecular complexity index is 674. The maximum Gasteiger partial charge on any atom is 0.157 e. The second kappa shape index (κ2) is 7.52. The third kappa shape index (κ3) is 3.28. The zero-order chi connectivity index (χ0) is 20.2. The van der Waals surface area contributed by atoms with Crippen LogP contribution in [0.5, 0.6) is 0 Å². The molecule has 29 heavy (non-hydrogen) atoms. The van der Waals surface area contributed by atoms with Gasteiger partial charge in [-0.2, -0.15) is 0 Å². The summed E-state index contributed by atoms with van der Waals surface area (Å²) in [6.45, 7) is 12.8. The molecule has 0 aromatic carbocycles. The van der Waals surface area contributed by atoms with Crippen LogP contribution in [0.4, 0.5) is 0 Å². The molecule has 0 aromatic heterocycles. The first-order chi connectivity index (χ1) is 13.9. The molecule has 5 rings (SSSR count). The highest BCUT2D eigenvalue weighted by atomic mass is 16.7. The first kappa shape index (κ1) is 20.3. The summed E-state index contributed by atoms with van der Waals surface area (Å²) in [6.07, 6.45) is 17.3. The van der Waals surface area contributed by atoms with E-state index in [1.54, 1.807) is 5.57 Å². The van der Waals surface area contributed by atoms with Crippen LogP contribution in [0.15, 0.2) is 23.8 Å². The molecule has 0 aromatic rings. The Hall–Kier alpha value is -0.600. The van der Waals surface area contributed by atoms with Gasteiger partial charge in [0.15, 0.2) is 6.29 Å². The molecule has 0 amide bonds. The lowest BCUT2D eigenvalue weighted by Gasteiger charge is -2.58. The number of ether oxygens (including phenoxy) is 2. The zero-order valence-electron chi connectivity index (χ0n) is 19.1. The first-order valence-corrected chi connectivity index (χ1v) is 12.5. The Balaban J connectivity index is 1.32. The Morgan fingerprint density at radius 3 is 2.69 bits per heavy atom. The van der Waals surface area contributed by atoms with E-state index in [2.05, 4.69) is 33.4 Å². The van der Waals surface area contributed by atoms with Gasteiger partial charge >= 0.3 is 0 Å². The molecule has 162 valence electrons. The van der Waals surface area contributed by atoms with Crippen LogP contribution in [0, 0.1) is 34.5 Å². The first-order valence-electron chi connectivity index (χ1n) is 12.5. The van der Waals surface area contributed by atoms with Gasteiger partial charge in [0, 0.05) is 6.61 Å². The summed E-state index contributed by atoms with van der Waals surface area (Å²) in [5, 5.41) is 0. The molecule has 4 fully saturated rings. The van der Waals surface area contributed by atoms with Gasteiger partial charge in [-0.05, 0) is 112 Å². The van der Waals surface area contributed by atoms with Gasteiger partial charge < -0.3 is 9.47 Å². The minimum absolute atomic E-state index is 0.0583. The fourth-order valence-electron chi connectivity index (χ4n) is 8.59. The zero-order valence-corrected chi connectivity index (χ0v) is 19.1. The molecule has 5 aliphatic rings. The summed E-state index contributed by atoms with van der Waals surface area (Å²) >= 11 is 0. The van der Waals surface area contributed by atoms with Crippen molar-refractivity contribution in [3.63, 3.8) is 0 Å². The third-order valence-electron chi connectivity index (χ3n) is 10.1. The van der Waals surface area contributed by atoms with Crippen molar-refractivity contribution in [3.05, 3.63) is 23.8 Å². The Morgan fingerprint density at radius 2 is 1.93 bits per heavy atom. The van der Waals surface area contributed by atoms with E-state index in [0.717, 1.165) is 43.1 Å². The maximum atomic E-state index is 6.42. The predicted octanol–water partition coefficient (Wildman–Crippen LogP) is 7.05. The summed E-state index contributed by atoms with van der Waals surface area (Å²) in [5.74, 6) is 3.44. The molecular formula is C27H42O2. The number of rotatable bonds is 3. The standard InChI is InChI=1S/C27H42O2/c1-18(2)22-10-11-23-21-9-8-19-17-20(29-25-7-5-6-16-28-25)12-14-26(19,3)24(21)13-15-27(22,23)4/h8,20-25H,1,5-7,9-17H2,2-4H3/t20?,21?,22-,23?,24?,25?,26+,27-/m1/s1. The molecule has 3 saturated carbocycles. The molecule has 1 saturated heterocycles. The van der Waals surface area contributed by atoms with Crippen LogP contribution in [-0.4, -0.2) is 19.0 Å². The Labute approximate surface area is 178 Å². The van der Waals surface area contributed by atoms with Crippen molar-refractivity contribution in [2.75, 3.05) is 6.61 Å². The molecular weight excluding hydrogens is 356 g/mol. The van der Waals surface area contributed by atoms with Gasteiger partial charge in [-0.3, -0.25) is 0 Å². The van der Waals surface area contributed by atoms with Crippen LogP contribution < -0.4 is 0 Å². The number of hydrogen-bond acceptors (Lipinski definition) is 2. The monoisotopic (exact) mass is 398 g/mol. The van der Waals surface area contributed by atoms with Crippen LogP contribution in [0.25, 0.3) is 0 Å². The van der Waals surface area contributed by atoms with Crippen molar-refractivity contribution in [3.8, 4) is 0 Å². The number of hydrogen-bond donors (Lipinski definition) is 0. The molecule has 0 radical (unpaired) electrons. The minimum Gasteiger partial charge on any atom is -0.353 e. The average molecular weight is 399 g/mol. The average Bonchev–Trinajstić information content (AvgIpc) is 3.06. The molecule has 1 heterocycles. The Morgan fingerprint density at radius 1 is 1.07 bits per heavy atom. The lowest BCUT2D eigenvalue weighted by Crippen LogP contribution is -2.50. The van der Waals surface area contributed by atoms with Gasteiger partial charge in [0.05, 0.1) is 6.10 Å². The fourth-order valence-corrected chi connectivity index (χ4v) is 8.59. The predicted molar refractivity (Wildman–Crippen MR) is 118 cm³/mol. The third-order valence-corrected chi connectivity index (χ3v) is 10.1. The van der Waals surface area contributed by atoms with E-state index in [9.17, 15) is 0 Å².